The van der Waals surface area contributed by atoms with Crippen molar-refractivity contribution in [2.45, 2.75) is 32.2 Å². The Labute approximate surface area is 137 Å². The molecule has 0 bridgehead atoms. The summed E-state index contributed by atoms with van der Waals surface area (Å²) in [5.41, 5.74) is 8.04. The summed E-state index contributed by atoms with van der Waals surface area (Å²) in [6.45, 7) is 3.68. The summed E-state index contributed by atoms with van der Waals surface area (Å²) in [5.74, 6) is 0.622. The molecule has 1 amide bonds. The lowest BCUT2D eigenvalue weighted by Gasteiger charge is -2.34. The zero-order chi connectivity index (χ0) is 16.2. The normalized spacial score (nSPS) is 19.6. The van der Waals surface area contributed by atoms with Gasteiger partial charge in [-0.1, -0.05) is 12.1 Å². The van der Waals surface area contributed by atoms with E-state index in [0.717, 1.165) is 37.2 Å². The Bertz CT molecular complexity index is 634. The molecule has 5 nitrogen and oxygen atoms in total. The highest BCUT2D eigenvalue weighted by molar-refractivity contribution is 5.79. The van der Waals surface area contributed by atoms with Crippen molar-refractivity contribution in [3.05, 3.63) is 48.3 Å². The van der Waals surface area contributed by atoms with Gasteiger partial charge in [-0.25, -0.2) is 4.68 Å². The van der Waals surface area contributed by atoms with Gasteiger partial charge in [0.1, 0.15) is 0 Å². The minimum absolute atomic E-state index is 0.152. The number of nitrogens with two attached hydrogens (primary N) is 1. The van der Waals surface area contributed by atoms with Gasteiger partial charge in [0.2, 0.25) is 5.91 Å². The van der Waals surface area contributed by atoms with Crippen LogP contribution in [0.2, 0.25) is 0 Å². The van der Waals surface area contributed by atoms with Gasteiger partial charge >= 0.3 is 0 Å². The first kappa shape index (κ1) is 15.7. The number of rotatable bonds is 4. The monoisotopic (exact) mass is 312 g/mol. The number of benzene rings is 1. The maximum atomic E-state index is 12.5. The average molecular weight is 312 g/mol. The summed E-state index contributed by atoms with van der Waals surface area (Å²) in [5, 5.41) is 4.20. The SMILES string of the molecule is CC(N)C1CCCN(C(=O)Cc2ccc(-n3cccn3)cc2)C1. The highest BCUT2D eigenvalue weighted by atomic mass is 16.2. The Morgan fingerprint density at radius 2 is 2.17 bits per heavy atom. The number of likely N-dealkylation sites (tertiary alicyclic amines) is 1. The highest BCUT2D eigenvalue weighted by Crippen LogP contribution is 2.20. The van der Waals surface area contributed by atoms with Crippen LogP contribution < -0.4 is 5.73 Å². The van der Waals surface area contributed by atoms with Crippen molar-refractivity contribution in [1.29, 1.82) is 0 Å². The Kier molecular flexibility index (Phi) is 4.76. The largest absolute Gasteiger partial charge is 0.342 e. The summed E-state index contributed by atoms with van der Waals surface area (Å²) in [4.78, 5) is 14.5. The first-order valence-electron chi connectivity index (χ1n) is 8.26. The van der Waals surface area contributed by atoms with Crippen LogP contribution in [0.4, 0.5) is 0 Å². The van der Waals surface area contributed by atoms with Crippen LogP contribution in [0.3, 0.4) is 0 Å². The van der Waals surface area contributed by atoms with Gasteiger partial charge < -0.3 is 10.6 Å². The summed E-state index contributed by atoms with van der Waals surface area (Å²) >= 11 is 0. The first-order valence-corrected chi connectivity index (χ1v) is 8.26. The Morgan fingerprint density at radius 3 is 2.83 bits per heavy atom. The number of piperidine rings is 1. The fourth-order valence-corrected chi connectivity index (χ4v) is 3.14. The summed E-state index contributed by atoms with van der Waals surface area (Å²) in [7, 11) is 0. The van der Waals surface area contributed by atoms with Crippen molar-refractivity contribution in [1.82, 2.24) is 14.7 Å². The van der Waals surface area contributed by atoms with Crippen molar-refractivity contribution in [3.63, 3.8) is 0 Å². The van der Waals surface area contributed by atoms with Gasteiger partial charge in [0.25, 0.3) is 0 Å². The predicted molar refractivity (Wildman–Crippen MR) is 90.2 cm³/mol. The van der Waals surface area contributed by atoms with E-state index in [9.17, 15) is 4.79 Å². The molecule has 1 fully saturated rings. The van der Waals surface area contributed by atoms with Gasteiger partial charge in [-0.15, -0.1) is 0 Å². The van der Waals surface area contributed by atoms with Gasteiger partial charge in [0, 0.05) is 31.5 Å². The number of amides is 1. The van der Waals surface area contributed by atoms with E-state index in [1.54, 1.807) is 6.20 Å². The molecule has 1 saturated heterocycles. The number of nitrogens with zero attached hydrogens (tertiary/aromatic N) is 3. The Hall–Kier alpha value is -2.14. The van der Waals surface area contributed by atoms with E-state index in [1.165, 1.54) is 0 Å². The molecule has 2 unspecified atom stereocenters. The van der Waals surface area contributed by atoms with E-state index >= 15 is 0 Å². The van der Waals surface area contributed by atoms with E-state index in [1.807, 2.05) is 53.0 Å². The minimum Gasteiger partial charge on any atom is -0.342 e. The van der Waals surface area contributed by atoms with Gasteiger partial charge in [-0.3, -0.25) is 4.79 Å². The second-order valence-electron chi connectivity index (χ2n) is 6.40. The van der Waals surface area contributed by atoms with Crippen LogP contribution in [-0.4, -0.2) is 39.7 Å². The molecule has 1 aromatic heterocycles. The van der Waals surface area contributed by atoms with Crippen LogP contribution in [0.5, 0.6) is 0 Å². The molecule has 122 valence electrons. The molecule has 2 heterocycles. The van der Waals surface area contributed by atoms with Crippen molar-refractivity contribution in [2.75, 3.05) is 13.1 Å². The van der Waals surface area contributed by atoms with Crippen molar-refractivity contribution < 1.29 is 4.79 Å². The smallest absolute Gasteiger partial charge is 0.226 e. The number of hydrogen-bond acceptors (Lipinski definition) is 3. The fraction of sp³-hybridized carbons (Fsp3) is 0.444. The molecule has 5 heteroatoms. The maximum absolute atomic E-state index is 12.5. The van der Waals surface area contributed by atoms with E-state index in [4.69, 9.17) is 5.73 Å². The second-order valence-corrected chi connectivity index (χ2v) is 6.40. The quantitative estimate of drug-likeness (QED) is 0.939. The molecule has 2 aromatic rings. The number of carbonyl (C=O) groups excluding carboxylic acids is 1. The summed E-state index contributed by atoms with van der Waals surface area (Å²) in [6.07, 6.45) is 6.28. The lowest BCUT2D eigenvalue weighted by atomic mass is 9.92. The lowest BCUT2D eigenvalue weighted by molar-refractivity contribution is -0.132. The number of carbonyl (C=O) groups is 1. The summed E-state index contributed by atoms with van der Waals surface area (Å²) in [6, 6.07) is 10.0. The minimum atomic E-state index is 0.152. The topological polar surface area (TPSA) is 64.2 Å². The molecule has 1 aliphatic rings. The molecule has 0 radical (unpaired) electrons. The van der Waals surface area contributed by atoms with Crippen molar-refractivity contribution >= 4 is 5.91 Å². The van der Waals surface area contributed by atoms with Gasteiger partial charge in [-0.05, 0) is 49.4 Å². The molecule has 23 heavy (non-hydrogen) atoms. The second kappa shape index (κ2) is 6.96. The molecule has 0 spiro atoms. The van der Waals surface area contributed by atoms with Gasteiger partial charge in [-0.2, -0.15) is 5.10 Å². The zero-order valence-electron chi connectivity index (χ0n) is 13.6. The third-order valence-electron chi connectivity index (χ3n) is 4.61. The third kappa shape index (κ3) is 3.79. The fourth-order valence-electron chi connectivity index (χ4n) is 3.14. The molecule has 2 N–H and O–H groups in total. The Morgan fingerprint density at radius 1 is 1.39 bits per heavy atom. The molecule has 2 atom stereocenters. The van der Waals surface area contributed by atoms with E-state index in [0.29, 0.717) is 12.3 Å². The summed E-state index contributed by atoms with van der Waals surface area (Å²) < 4.78 is 1.81. The standard InChI is InChI=1S/C18H24N4O/c1-14(19)16-4-2-10-21(13-16)18(23)12-15-5-7-17(8-6-15)22-11-3-9-20-22/h3,5-9,11,14,16H,2,4,10,12-13,19H2,1H3. The van der Waals surface area contributed by atoms with E-state index in [-0.39, 0.29) is 11.9 Å². The van der Waals surface area contributed by atoms with Crippen LogP contribution >= 0.6 is 0 Å². The van der Waals surface area contributed by atoms with Crippen LogP contribution in [0, 0.1) is 5.92 Å². The molecule has 0 saturated carbocycles. The lowest BCUT2D eigenvalue weighted by Crippen LogP contribution is -2.45. The third-order valence-corrected chi connectivity index (χ3v) is 4.61. The van der Waals surface area contributed by atoms with Crippen molar-refractivity contribution in [2.24, 2.45) is 11.7 Å². The molecule has 3 rings (SSSR count). The molecular weight excluding hydrogens is 288 g/mol. The van der Waals surface area contributed by atoms with E-state index in [2.05, 4.69) is 5.10 Å². The zero-order valence-corrected chi connectivity index (χ0v) is 13.6. The van der Waals surface area contributed by atoms with Gasteiger partial charge in [0.15, 0.2) is 0 Å². The number of aromatic nitrogens is 2. The first-order chi connectivity index (χ1) is 11.1. The Balaban J connectivity index is 1.61. The molecule has 0 aliphatic carbocycles. The van der Waals surface area contributed by atoms with Crippen LogP contribution in [0.15, 0.2) is 42.7 Å². The number of hydrogen-bond donors (Lipinski definition) is 1. The molecule has 1 aromatic carbocycles. The highest BCUT2D eigenvalue weighted by Gasteiger charge is 2.25. The average Bonchev–Trinajstić information content (AvgIpc) is 3.10. The maximum Gasteiger partial charge on any atom is 0.226 e. The van der Waals surface area contributed by atoms with Crippen LogP contribution in [0.25, 0.3) is 5.69 Å². The predicted octanol–water partition coefficient (Wildman–Crippen LogP) is 2.00. The van der Waals surface area contributed by atoms with Crippen molar-refractivity contribution in [3.8, 4) is 5.69 Å². The molecule has 1 aliphatic heterocycles. The molecular formula is C18H24N4O. The van der Waals surface area contributed by atoms with Crippen LogP contribution in [0.1, 0.15) is 25.3 Å². The van der Waals surface area contributed by atoms with Gasteiger partial charge in [0.05, 0.1) is 12.1 Å². The van der Waals surface area contributed by atoms with Crippen LogP contribution in [-0.2, 0) is 11.2 Å². The van der Waals surface area contributed by atoms with E-state index < -0.39 is 0 Å².